The van der Waals surface area contributed by atoms with Crippen molar-refractivity contribution in [1.29, 1.82) is 0 Å². The fourth-order valence-electron chi connectivity index (χ4n) is 0.823. The highest BCUT2D eigenvalue weighted by molar-refractivity contribution is 9.10. The van der Waals surface area contributed by atoms with Crippen LogP contribution in [0.5, 0.6) is 0 Å². The minimum Gasteiger partial charge on any atom is -0.411 e. The Morgan fingerprint density at radius 1 is 1.33 bits per heavy atom. The van der Waals surface area contributed by atoms with Crippen LogP contribution in [-0.2, 0) is 0 Å². The maximum Gasteiger partial charge on any atom is 0.112 e. The summed E-state index contributed by atoms with van der Waals surface area (Å²) in [4.78, 5) is 0. The predicted octanol–water partition coefficient (Wildman–Crippen LogP) is 1.62. The molecule has 0 aliphatic rings. The predicted molar refractivity (Wildman–Crippen MR) is 49.6 cm³/mol. The van der Waals surface area contributed by atoms with Crippen LogP contribution in [0.25, 0.3) is 0 Å². The van der Waals surface area contributed by atoms with Gasteiger partial charge < -0.3 is 10.3 Å². The van der Waals surface area contributed by atoms with E-state index in [1.807, 2.05) is 12.1 Å². The van der Waals surface area contributed by atoms with Crippen molar-refractivity contribution in [2.45, 2.75) is 0 Å². The molecule has 0 fully saturated rings. The zero-order chi connectivity index (χ0) is 8.97. The summed E-state index contributed by atoms with van der Waals surface area (Å²) in [7, 11) is 0. The molecule has 12 heavy (non-hydrogen) atoms. The van der Waals surface area contributed by atoms with E-state index in [1.165, 1.54) is 0 Å². The van der Waals surface area contributed by atoms with Gasteiger partial charge in [-0.15, -0.1) is 0 Å². The number of hydrogen-bond acceptors (Lipinski definition) is 3. The van der Waals surface area contributed by atoms with Crippen LogP contribution >= 0.6 is 15.9 Å². The first kappa shape index (κ1) is 9.22. The van der Waals surface area contributed by atoms with Gasteiger partial charge in [0.05, 0.1) is 6.61 Å². The first-order valence-electron chi connectivity index (χ1n) is 3.35. The van der Waals surface area contributed by atoms with E-state index in [0.717, 1.165) is 4.47 Å². The van der Waals surface area contributed by atoms with Gasteiger partial charge in [-0.2, -0.15) is 0 Å². The molecule has 0 saturated carbocycles. The SMILES string of the molecule is OCC(=NO)c1ccc(Br)cc1. The average molecular weight is 230 g/mol. The van der Waals surface area contributed by atoms with Gasteiger partial charge in [-0.3, -0.25) is 0 Å². The fourth-order valence-corrected chi connectivity index (χ4v) is 1.09. The van der Waals surface area contributed by atoms with Gasteiger partial charge in [0.1, 0.15) is 5.71 Å². The Balaban J connectivity index is 2.96. The lowest BCUT2D eigenvalue weighted by Crippen LogP contribution is -2.05. The second kappa shape index (κ2) is 4.23. The number of aliphatic hydroxyl groups is 1. The summed E-state index contributed by atoms with van der Waals surface area (Å²) in [6, 6.07) is 7.15. The molecule has 0 amide bonds. The van der Waals surface area contributed by atoms with Gasteiger partial charge in [-0.05, 0) is 12.1 Å². The van der Waals surface area contributed by atoms with E-state index in [1.54, 1.807) is 12.1 Å². The van der Waals surface area contributed by atoms with Crippen molar-refractivity contribution < 1.29 is 10.3 Å². The zero-order valence-electron chi connectivity index (χ0n) is 6.24. The van der Waals surface area contributed by atoms with Crippen molar-refractivity contribution in [1.82, 2.24) is 0 Å². The Kier molecular flexibility index (Phi) is 3.25. The third kappa shape index (κ3) is 2.06. The third-order valence-electron chi connectivity index (χ3n) is 1.45. The lowest BCUT2D eigenvalue weighted by Gasteiger charge is -1.99. The molecular weight excluding hydrogens is 222 g/mol. The molecule has 0 unspecified atom stereocenters. The minimum absolute atomic E-state index is 0.266. The number of aliphatic hydroxyl groups excluding tert-OH is 1. The topological polar surface area (TPSA) is 52.8 Å². The Labute approximate surface area is 78.5 Å². The number of benzene rings is 1. The molecule has 4 heteroatoms. The van der Waals surface area contributed by atoms with Gasteiger partial charge in [0, 0.05) is 10.0 Å². The first-order valence-corrected chi connectivity index (χ1v) is 4.15. The molecule has 0 heterocycles. The van der Waals surface area contributed by atoms with Crippen LogP contribution in [0, 0.1) is 0 Å². The normalized spacial score (nSPS) is 11.7. The molecule has 1 aromatic rings. The largest absolute Gasteiger partial charge is 0.411 e. The molecule has 0 spiro atoms. The third-order valence-corrected chi connectivity index (χ3v) is 1.98. The summed E-state index contributed by atoms with van der Waals surface area (Å²) in [5, 5.41) is 20.2. The van der Waals surface area contributed by atoms with Gasteiger partial charge in [-0.1, -0.05) is 33.2 Å². The standard InChI is InChI=1S/C8H8BrNO2/c9-7-3-1-6(2-4-7)8(5-11)10-12/h1-4,11-12H,5H2. The molecule has 0 aliphatic carbocycles. The summed E-state index contributed by atoms with van der Waals surface area (Å²) in [5.41, 5.74) is 0.978. The van der Waals surface area contributed by atoms with Gasteiger partial charge >= 0.3 is 0 Å². The van der Waals surface area contributed by atoms with E-state index >= 15 is 0 Å². The Hall–Kier alpha value is -0.870. The summed E-state index contributed by atoms with van der Waals surface area (Å²) in [6.07, 6.45) is 0. The van der Waals surface area contributed by atoms with Crippen molar-refractivity contribution in [3.63, 3.8) is 0 Å². The number of rotatable bonds is 2. The highest BCUT2D eigenvalue weighted by atomic mass is 79.9. The summed E-state index contributed by atoms with van der Waals surface area (Å²) >= 11 is 3.27. The van der Waals surface area contributed by atoms with Crippen molar-refractivity contribution in [3.05, 3.63) is 34.3 Å². The maximum absolute atomic E-state index is 8.75. The van der Waals surface area contributed by atoms with Crippen LogP contribution in [0.1, 0.15) is 5.56 Å². The van der Waals surface area contributed by atoms with Crippen LogP contribution in [0.15, 0.2) is 33.9 Å². The lowest BCUT2D eigenvalue weighted by atomic mass is 10.1. The number of nitrogens with zero attached hydrogens (tertiary/aromatic N) is 1. The summed E-state index contributed by atoms with van der Waals surface area (Å²) in [6.45, 7) is -0.266. The molecule has 0 aromatic heterocycles. The maximum atomic E-state index is 8.75. The van der Waals surface area contributed by atoms with E-state index in [4.69, 9.17) is 10.3 Å². The first-order chi connectivity index (χ1) is 5.77. The van der Waals surface area contributed by atoms with Crippen molar-refractivity contribution in [2.24, 2.45) is 5.16 Å². The molecule has 1 rings (SSSR count). The van der Waals surface area contributed by atoms with Crippen molar-refractivity contribution >= 4 is 21.6 Å². The molecule has 0 bridgehead atoms. The second-order valence-corrected chi connectivity index (χ2v) is 3.13. The molecule has 2 N–H and O–H groups in total. The monoisotopic (exact) mass is 229 g/mol. The van der Waals surface area contributed by atoms with Gasteiger partial charge in [-0.25, -0.2) is 0 Å². The van der Waals surface area contributed by atoms with Crippen molar-refractivity contribution in [2.75, 3.05) is 6.61 Å². The van der Waals surface area contributed by atoms with Gasteiger partial charge in [0.25, 0.3) is 0 Å². The molecule has 0 aliphatic heterocycles. The van der Waals surface area contributed by atoms with Crippen LogP contribution in [0.4, 0.5) is 0 Å². The lowest BCUT2D eigenvalue weighted by molar-refractivity contribution is 0.304. The molecule has 0 saturated heterocycles. The second-order valence-electron chi connectivity index (χ2n) is 2.21. The fraction of sp³-hybridized carbons (Fsp3) is 0.125. The summed E-state index contributed by atoms with van der Waals surface area (Å²) < 4.78 is 0.946. The van der Waals surface area contributed by atoms with Crippen LogP contribution in [0.3, 0.4) is 0 Å². The number of hydrogen-bond donors (Lipinski definition) is 2. The molecule has 64 valence electrons. The highest BCUT2D eigenvalue weighted by Crippen LogP contribution is 2.10. The Morgan fingerprint density at radius 3 is 2.33 bits per heavy atom. The quantitative estimate of drug-likeness (QED) is 0.460. The summed E-state index contributed by atoms with van der Waals surface area (Å²) in [5.74, 6) is 0. The van der Waals surface area contributed by atoms with E-state index in [0.29, 0.717) is 5.56 Å². The van der Waals surface area contributed by atoms with Crippen LogP contribution in [-0.4, -0.2) is 22.6 Å². The zero-order valence-corrected chi connectivity index (χ0v) is 7.82. The number of oxime groups is 1. The number of halogens is 1. The van der Waals surface area contributed by atoms with Gasteiger partial charge in [0.2, 0.25) is 0 Å². The smallest absolute Gasteiger partial charge is 0.112 e. The van der Waals surface area contributed by atoms with E-state index < -0.39 is 0 Å². The average Bonchev–Trinajstić information content (AvgIpc) is 2.10. The Bertz CT molecular complexity index is 282. The van der Waals surface area contributed by atoms with E-state index in [2.05, 4.69) is 21.1 Å². The molecule has 1 aromatic carbocycles. The van der Waals surface area contributed by atoms with Crippen molar-refractivity contribution in [3.8, 4) is 0 Å². The molecular formula is C8H8BrNO2. The Morgan fingerprint density at radius 2 is 1.92 bits per heavy atom. The van der Waals surface area contributed by atoms with Gasteiger partial charge in [0.15, 0.2) is 0 Å². The molecule has 0 radical (unpaired) electrons. The van der Waals surface area contributed by atoms with E-state index in [-0.39, 0.29) is 12.3 Å². The van der Waals surface area contributed by atoms with Crippen LogP contribution in [0.2, 0.25) is 0 Å². The van der Waals surface area contributed by atoms with E-state index in [9.17, 15) is 0 Å². The minimum atomic E-state index is -0.266. The molecule has 0 atom stereocenters. The highest BCUT2D eigenvalue weighted by Gasteiger charge is 2.00. The van der Waals surface area contributed by atoms with Crippen LogP contribution < -0.4 is 0 Å². The molecule has 3 nitrogen and oxygen atoms in total.